The van der Waals surface area contributed by atoms with Crippen LogP contribution in [-0.2, 0) is 16.0 Å². The lowest BCUT2D eigenvalue weighted by molar-refractivity contribution is -0.145. The van der Waals surface area contributed by atoms with Gasteiger partial charge in [-0.1, -0.05) is 24.6 Å². The van der Waals surface area contributed by atoms with E-state index in [0.717, 1.165) is 30.8 Å². The average molecular weight is 460 g/mol. The number of likely N-dealkylation sites (tertiary alicyclic amines) is 1. The molecule has 1 heterocycles. The fourth-order valence-electron chi connectivity index (χ4n) is 4.34. The first kappa shape index (κ1) is 26.8. The zero-order chi connectivity index (χ0) is 24.4. The second-order valence-corrected chi connectivity index (χ2v) is 8.68. The van der Waals surface area contributed by atoms with Gasteiger partial charge in [0.05, 0.1) is 7.11 Å². The molecule has 8 nitrogen and oxygen atoms in total. The third-order valence-electron chi connectivity index (χ3n) is 6.37. The molecular weight excluding hydrogens is 418 g/mol. The third kappa shape index (κ3) is 7.84. The summed E-state index contributed by atoms with van der Waals surface area (Å²) in [6.07, 6.45) is 4.06. The van der Waals surface area contributed by atoms with Gasteiger partial charge in [0.2, 0.25) is 5.91 Å². The largest absolute Gasteiger partial charge is 0.497 e. The number of hydrazine groups is 2. The quantitative estimate of drug-likeness (QED) is 0.390. The smallest absolute Gasteiger partial charge is 0.254 e. The molecule has 1 atom stereocenters. The molecule has 0 bridgehead atoms. The first-order valence-electron chi connectivity index (χ1n) is 11.8. The number of nitrogens with zero attached hydrogens (tertiary/aromatic N) is 3. The Bertz CT molecular complexity index is 784. The second kappa shape index (κ2) is 13.3. The minimum atomic E-state index is -0.0755. The Morgan fingerprint density at radius 2 is 1.79 bits per heavy atom. The van der Waals surface area contributed by atoms with Crippen LogP contribution in [0.4, 0.5) is 0 Å². The van der Waals surface area contributed by atoms with Crippen LogP contribution in [0, 0.1) is 5.92 Å². The number of benzene rings is 1. The Morgan fingerprint density at radius 3 is 2.30 bits per heavy atom. The summed E-state index contributed by atoms with van der Waals surface area (Å²) in [5, 5.41) is 1.40. The van der Waals surface area contributed by atoms with Gasteiger partial charge in [-0.3, -0.25) is 14.5 Å². The molecule has 1 saturated heterocycles. The van der Waals surface area contributed by atoms with E-state index >= 15 is 0 Å². The number of hydrogen-bond acceptors (Lipinski definition) is 6. The lowest BCUT2D eigenvalue weighted by Crippen LogP contribution is -2.53. The number of methoxy groups -OCH3 is 1. The lowest BCUT2D eigenvalue weighted by Gasteiger charge is -2.33. The molecule has 0 saturated carbocycles. The normalized spacial score (nSPS) is 16.1. The Hall–Kier alpha value is -2.42. The summed E-state index contributed by atoms with van der Waals surface area (Å²) in [7, 11) is 5.09. The monoisotopic (exact) mass is 459 g/mol. The maximum atomic E-state index is 12.8. The van der Waals surface area contributed by atoms with Crippen LogP contribution in [0.2, 0.25) is 0 Å². The number of likely N-dealkylation sites (N-methyl/N-ethyl adjacent to an activating group) is 1. The van der Waals surface area contributed by atoms with E-state index in [-0.39, 0.29) is 17.7 Å². The van der Waals surface area contributed by atoms with E-state index in [1.165, 1.54) is 10.7 Å². The molecule has 0 spiro atoms. The molecule has 1 aromatic carbocycles. The number of rotatable bonds is 11. The minimum absolute atomic E-state index is 0.0169. The zero-order valence-electron chi connectivity index (χ0n) is 21.1. The lowest BCUT2D eigenvalue weighted by atomic mass is 9.96. The van der Waals surface area contributed by atoms with Crippen LogP contribution in [0.3, 0.4) is 0 Å². The van der Waals surface area contributed by atoms with Crippen molar-refractivity contribution in [1.29, 1.82) is 0 Å². The highest BCUT2D eigenvalue weighted by Gasteiger charge is 2.29. The van der Waals surface area contributed by atoms with Gasteiger partial charge in [0.15, 0.2) is 0 Å². The first-order chi connectivity index (χ1) is 15.8. The Kier molecular flexibility index (Phi) is 10.8. The van der Waals surface area contributed by atoms with Crippen molar-refractivity contribution in [3.8, 4) is 5.75 Å². The van der Waals surface area contributed by atoms with Crippen LogP contribution in [0.25, 0.3) is 0 Å². The van der Waals surface area contributed by atoms with Gasteiger partial charge in [-0.2, -0.15) is 0 Å². The van der Waals surface area contributed by atoms with Crippen LogP contribution in [-0.4, -0.2) is 80.2 Å². The van der Waals surface area contributed by atoms with Gasteiger partial charge in [-0.15, -0.1) is 0 Å². The van der Waals surface area contributed by atoms with Crippen molar-refractivity contribution in [2.75, 3.05) is 47.4 Å². The fraction of sp³-hybridized carbons (Fsp3) is 0.600. The molecule has 2 N–H and O–H groups in total. The second-order valence-electron chi connectivity index (χ2n) is 8.68. The maximum Gasteiger partial charge on any atom is 0.254 e. The molecule has 1 aliphatic rings. The van der Waals surface area contributed by atoms with Gasteiger partial charge < -0.3 is 9.64 Å². The van der Waals surface area contributed by atoms with Gasteiger partial charge >= 0.3 is 0 Å². The molecule has 184 valence electrons. The van der Waals surface area contributed by atoms with Crippen molar-refractivity contribution in [2.24, 2.45) is 5.92 Å². The van der Waals surface area contributed by atoms with E-state index in [1.807, 2.05) is 24.0 Å². The van der Waals surface area contributed by atoms with E-state index in [4.69, 9.17) is 4.74 Å². The summed E-state index contributed by atoms with van der Waals surface area (Å²) in [5.41, 5.74) is 7.99. The summed E-state index contributed by atoms with van der Waals surface area (Å²) in [6, 6.07) is 8.56. The Balaban J connectivity index is 1.87. The minimum Gasteiger partial charge on any atom is -0.497 e. The number of nitrogens with one attached hydrogen (secondary N) is 2. The maximum absolute atomic E-state index is 12.8. The third-order valence-corrected chi connectivity index (χ3v) is 6.37. The molecule has 0 radical (unpaired) electrons. The molecule has 0 aromatic heterocycles. The molecule has 33 heavy (non-hydrogen) atoms. The number of carbonyl (C=O) groups excluding carboxylic acids is 2. The number of hydrogen-bond donors (Lipinski definition) is 2. The highest BCUT2D eigenvalue weighted by atomic mass is 16.5. The fourth-order valence-corrected chi connectivity index (χ4v) is 4.34. The predicted molar refractivity (Wildman–Crippen MR) is 131 cm³/mol. The SMILES string of the molecule is CCN(CC(C)=CC(=O)N1CCC(C(=O)N(NC)NC)CC1)C(C)Cc1ccc(OC)cc1. The summed E-state index contributed by atoms with van der Waals surface area (Å²) < 4.78 is 5.24. The average Bonchev–Trinajstić information content (AvgIpc) is 2.83. The Labute approximate surface area is 198 Å². The number of amides is 2. The van der Waals surface area contributed by atoms with Crippen LogP contribution < -0.4 is 15.6 Å². The van der Waals surface area contributed by atoms with Crippen molar-refractivity contribution in [1.82, 2.24) is 25.8 Å². The van der Waals surface area contributed by atoms with E-state index in [9.17, 15) is 9.59 Å². The van der Waals surface area contributed by atoms with Crippen molar-refractivity contribution in [3.63, 3.8) is 0 Å². The van der Waals surface area contributed by atoms with E-state index in [0.29, 0.717) is 32.0 Å². The molecule has 0 aliphatic carbocycles. The molecule has 1 aliphatic heterocycles. The van der Waals surface area contributed by atoms with Crippen molar-refractivity contribution in [2.45, 2.75) is 46.1 Å². The van der Waals surface area contributed by atoms with E-state index in [2.05, 4.69) is 41.7 Å². The number of ether oxygens (including phenoxy) is 1. The van der Waals surface area contributed by atoms with E-state index in [1.54, 1.807) is 27.3 Å². The van der Waals surface area contributed by atoms with Gasteiger partial charge in [-0.05, 0) is 57.4 Å². The molecule has 2 amide bonds. The number of piperidine rings is 1. The molecule has 1 unspecified atom stereocenters. The van der Waals surface area contributed by atoms with Crippen LogP contribution >= 0.6 is 0 Å². The first-order valence-corrected chi connectivity index (χ1v) is 11.8. The topological polar surface area (TPSA) is 77.2 Å². The highest BCUT2D eigenvalue weighted by Crippen LogP contribution is 2.20. The molecule has 8 heteroatoms. The Morgan fingerprint density at radius 1 is 1.18 bits per heavy atom. The molecule has 1 aromatic rings. The van der Waals surface area contributed by atoms with Gasteiger partial charge in [0.1, 0.15) is 5.75 Å². The van der Waals surface area contributed by atoms with Gasteiger partial charge in [-0.25, -0.2) is 16.0 Å². The molecule has 1 fully saturated rings. The predicted octanol–water partition coefficient (Wildman–Crippen LogP) is 2.23. The van der Waals surface area contributed by atoms with Crippen molar-refractivity contribution >= 4 is 11.8 Å². The summed E-state index contributed by atoms with van der Waals surface area (Å²) in [4.78, 5) is 29.5. The van der Waals surface area contributed by atoms with E-state index < -0.39 is 0 Å². The summed E-state index contributed by atoms with van der Waals surface area (Å²) >= 11 is 0. The van der Waals surface area contributed by atoms with Gasteiger partial charge in [0.25, 0.3) is 5.91 Å². The van der Waals surface area contributed by atoms with Crippen LogP contribution in [0.15, 0.2) is 35.9 Å². The van der Waals surface area contributed by atoms with Crippen molar-refractivity contribution < 1.29 is 14.3 Å². The molecular formula is C25H41N5O3. The number of carbonyl (C=O) groups is 2. The summed E-state index contributed by atoms with van der Waals surface area (Å²) in [6.45, 7) is 9.28. The van der Waals surface area contributed by atoms with Crippen LogP contribution in [0.1, 0.15) is 39.2 Å². The van der Waals surface area contributed by atoms with Gasteiger partial charge in [0, 0.05) is 51.8 Å². The summed E-state index contributed by atoms with van der Waals surface area (Å²) in [5.74, 6) is 0.846. The van der Waals surface area contributed by atoms with Crippen molar-refractivity contribution in [3.05, 3.63) is 41.5 Å². The molecule has 2 rings (SSSR count). The zero-order valence-corrected chi connectivity index (χ0v) is 21.1. The highest BCUT2D eigenvalue weighted by molar-refractivity contribution is 5.88. The van der Waals surface area contributed by atoms with Crippen LogP contribution in [0.5, 0.6) is 5.75 Å². The standard InChI is InChI=1S/C25H41N5O3/c1-7-28(20(3)17-21-8-10-23(33-6)11-9-21)18-19(2)16-24(31)29-14-12-22(13-15-29)25(32)30(26-4)27-5/h8-11,16,20,22,26-27H,7,12-15,17-18H2,1-6H3.